The highest BCUT2D eigenvalue weighted by Gasteiger charge is 2.12. The molecule has 6 nitrogen and oxygen atoms in total. The molecule has 0 heterocycles. The molecular weight excluding hydrogens is 719 g/mol. The van der Waals surface area contributed by atoms with E-state index in [1.807, 2.05) is 0 Å². The summed E-state index contributed by atoms with van der Waals surface area (Å²) in [7, 11) is 0. The number of hydrogen-bond acceptors (Lipinski definition) is 6. The minimum absolute atomic E-state index is 0.00447. The summed E-state index contributed by atoms with van der Waals surface area (Å²) in [5.74, 6) is 1.42. The Morgan fingerprint density at radius 3 is 1.00 bits per heavy atom. The van der Waals surface area contributed by atoms with E-state index in [1.165, 1.54) is 173 Å². The monoisotopic (exact) mass is 824 g/mol. The van der Waals surface area contributed by atoms with Gasteiger partial charge in [0.25, 0.3) is 0 Å². The van der Waals surface area contributed by atoms with Crippen LogP contribution < -0.4 is 0 Å². The van der Waals surface area contributed by atoms with Crippen molar-refractivity contribution < 1.29 is 24.2 Å². The Morgan fingerprint density at radius 2 is 0.690 bits per heavy atom. The van der Waals surface area contributed by atoms with Crippen molar-refractivity contribution in [3.8, 4) is 0 Å². The van der Waals surface area contributed by atoms with E-state index in [0.717, 1.165) is 64.6 Å². The lowest BCUT2D eigenvalue weighted by molar-refractivity contribution is -0.145. The molecule has 0 aliphatic rings. The minimum Gasteiger partial charge on any atom is -0.466 e. The van der Waals surface area contributed by atoms with Crippen molar-refractivity contribution in [1.29, 1.82) is 0 Å². The lowest BCUT2D eigenvalue weighted by Crippen LogP contribution is -2.27. The summed E-state index contributed by atoms with van der Waals surface area (Å²) in [6, 6.07) is 0. The summed E-state index contributed by atoms with van der Waals surface area (Å²) in [5, 5.41) is 9.39. The van der Waals surface area contributed by atoms with Gasteiger partial charge in [0.05, 0.1) is 13.2 Å². The topological polar surface area (TPSA) is 76.1 Å². The number of hydrogen-bond donors (Lipinski definition) is 1. The second kappa shape index (κ2) is 50.2. The molecule has 58 heavy (non-hydrogen) atoms. The number of aliphatic hydroxyl groups excluding tert-OH is 1. The van der Waals surface area contributed by atoms with Gasteiger partial charge in [0.2, 0.25) is 0 Å². The number of aliphatic hydroxyl groups is 1. The van der Waals surface area contributed by atoms with Gasteiger partial charge in [0.1, 0.15) is 0 Å². The maximum Gasteiger partial charge on any atom is 0.305 e. The molecule has 0 radical (unpaired) electrons. The normalized spacial score (nSPS) is 11.4. The summed E-state index contributed by atoms with van der Waals surface area (Å²) in [6.45, 7) is 18.2. The molecule has 6 heteroatoms. The first-order valence-electron chi connectivity index (χ1n) is 26.1. The van der Waals surface area contributed by atoms with Crippen LogP contribution in [0, 0.1) is 11.8 Å². The zero-order valence-corrected chi connectivity index (χ0v) is 40.4. The average Bonchev–Trinajstić information content (AvgIpc) is 3.22. The van der Waals surface area contributed by atoms with Crippen LogP contribution >= 0.6 is 0 Å². The minimum atomic E-state index is -0.00447. The van der Waals surface area contributed by atoms with Crippen molar-refractivity contribution in [3.63, 3.8) is 0 Å². The molecule has 0 aromatic rings. The largest absolute Gasteiger partial charge is 0.466 e. The second-order valence-corrected chi connectivity index (χ2v) is 17.7. The van der Waals surface area contributed by atoms with Gasteiger partial charge in [-0.1, -0.05) is 215 Å². The van der Waals surface area contributed by atoms with Gasteiger partial charge in [-0.15, -0.1) is 0 Å². The molecule has 0 saturated heterocycles. The zero-order valence-electron chi connectivity index (χ0n) is 40.4. The Kier molecular flexibility index (Phi) is 51.0. The molecule has 0 aromatic carbocycles. The zero-order chi connectivity index (χ0) is 43.0. The highest BCUT2D eigenvalue weighted by Crippen LogP contribution is 2.23. The third kappa shape index (κ3) is 45.9. The Bertz CT molecular complexity index is 727. The fraction of sp³-hybridized carbons (Fsp3) is 0.962. The van der Waals surface area contributed by atoms with Gasteiger partial charge >= 0.3 is 11.9 Å². The summed E-state index contributed by atoms with van der Waals surface area (Å²) in [4.78, 5) is 27.1. The van der Waals surface area contributed by atoms with E-state index < -0.39 is 0 Å². The smallest absolute Gasteiger partial charge is 0.305 e. The van der Waals surface area contributed by atoms with Gasteiger partial charge in [-0.2, -0.15) is 0 Å². The summed E-state index contributed by atoms with van der Waals surface area (Å²) >= 11 is 0. The molecule has 0 aliphatic heterocycles. The van der Waals surface area contributed by atoms with E-state index in [2.05, 4.69) is 46.4 Å². The van der Waals surface area contributed by atoms with Gasteiger partial charge in [0, 0.05) is 26.0 Å². The fourth-order valence-electron chi connectivity index (χ4n) is 8.03. The van der Waals surface area contributed by atoms with Gasteiger partial charge in [-0.25, -0.2) is 0 Å². The van der Waals surface area contributed by atoms with Crippen LogP contribution in [0.3, 0.4) is 0 Å². The lowest BCUT2D eigenvalue weighted by Gasteiger charge is -2.22. The van der Waals surface area contributed by atoms with Crippen LogP contribution in [0.15, 0.2) is 0 Å². The van der Waals surface area contributed by atoms with Gasteiger partial charge < -0.3 is 19.5 Å². The molecular formula is C52H105NO5. The average molecular weight is 824 g/mol. The molecule has 0 aromatic heterocycles. The van der Waals surface area contributed by atoms with E-state index in [-0.39, 0.29) is 18.5 Å². The molecule has 0 spiro atoms. The van der Waals surface area contributed by atoms with Crippen molar-refractivity contribution in [3.05, 3.63) is 0 Å². The number of carbonyl (C=O) groups is 2. The summed E-state index contributed by atoms with van der Waals surface area (Å²) in [5.41, 5.74) is 0. The van der Waals surface area contributed by atoms with E-state index >= 15 is 0 Å². The Morgan fingerprint density at radius 1 is 0.379 bits per heavy atom. The van der Waals surface area contributed by atoms with Gasteiger partial charge in [-0.05, 0) is 69.9 Å². The van der Waals surface area contributed by atoms with Crippen LogP contribution in [-0.2, 0) is 19.1 Å². The first-order chi connectivity index (χ1) is 28.4. The molecule has 0 bridgehead atoms. The number of esters is 2. The Hall–Kier alpha value is -1.14. The number of unbranched alkanes of at least 4 members (excludes halogenated alkanes) is 20. The number of rotatable bonds is 45. The van der Waals surface area contributed by atoms with Crippen LogP contribution in [0.25, 0.3) is 0 Å². The Balaban J connectivity index is 0. The summed E-state index contributed by atoms with van der Waals surface area (Å²) < 4.78 is 11.2. The highest BCUT2D eigenvalue weighted by molar-refractivity contribution is 5.69. The van der Waals surface area contributed by atoms with Crippen molar-refractivity contribution >= 4 is 11.9 Å². The maximum absolute atomic E-state index is 12.3. The standard InChI is InChI=1S/C47H93NO5.C5H12/c1-5-9-21-30-44(31-22-10-6-2)36-42-52-46(50)34-25-17-13-15-19-27-38-48(40-29-41-49)39-28-20-16-14-18-26-35-47(51)53-43-37-45(32-23-11-7-3)33-24-12-8-4;1-3-5-4-2/h44-45,49H,5-43H2,1-4H3;3-5H2,1-2H3. The SMILES string of the molecule is CCCCC.CCCCCC(CCCCC)CCOC(=O)CCCCCCCCN(CCCO)CCCCCCCCC(=O)OCCC(CCCCC)CCCCC. The molecule has 1 N–H and O–H groups in total. The molecule has 0 rings (SSSR count). The quantitative estimate of drug-likeness (QED) is 0.0487. The molecule has 0 unspecified atom stereocenters. The highest BCUT2D eigenvalue weighted by atomic mass is 16.5. The molecule has 0 aliphatic carbocycles. The first kappa shape index (κ1) is 59.0. The lowest BCUT2D eigenvalue weighted by atomic mass is 9.92. The van der Waals surface area contributed by atoms with E-state index in [4.69, 9.17) is 9.47 Å². The summed E-state index contributed by atoms with van der Waals surface area (Å²) in [6.07, 6.45) is 42.7. The molecule has 0 saturated carbocycles. The van der Waals surface area contributed by atoms with Gasteiger partial charge in [0.15, 0.2) is 0 Å². The Labute approximate surface area is 363 Å². The van der Waals surface area contributed by atoms with Crippen LogP contribution in [0.1, 0.15) is 273 Å². The van der Waals surface area contributed by atoms with Crippen LogP contribution in [0.5, 0.6) is 0 Å². The predicted octanol–water partition coefficient (Wildman–Crippen LogP) is 15.7. The van der Waals surface area contributed by atoms with Crippen molar-refractivity contribution in [2.24, 2.45) is 11.8 Å². The van der Waals surface area contributed by atoms with Crippen molar-refractivity contribution in [2.75, 3.05) is 39.5 Å². The first-order valence-corrected chi connectivity index (χ1v) is 26.1. The number of nitrogens with zero attached hydrogens (tertiary/aromatic N) is 1. The third-order valence-corrected chi connectivity index (χ3v) is 12.0. The maximum atomic E-state index is 12.3. The third-order valence-electron chi connectivity index (χ3n) is 12.0. The fourth-order valence-corrected chi connectivity index (χ4v) is 8.03. The molecule has 348 valence electrons. The van der Waals surface area contributed by atoms with E-state index in [1.54, 1.807) is 0 Å². The van der Waals surface area contributed by atoms with Crippen LogP contribution in [0.4, 0.5) is 0 Å². The van der Waals surface area contributed by atoms with E-state index in [0.29, 0.717) is 37.9 Å². The predicted molar refractivity (Wildman–Crippen MR) is 253 cm³/mol. The van der Waals surface area contributed by atoms with Crippen LogP contribution in [0.2, 0.25) is 0 Å². The van der Waals surface area contributed by atoms with Gasteiger partial charge in [-0.3, -0.25) is 9.59 Å². The number of ether oxygens (including phenoxy) is 2. The second-order valence-electron chi connectivity index (χ2n) is 17.7. The van der Waals surface area contributed by atoms with Crippen molar-refractivity contribution in [2.45, 2.75) is 273 Å². The molecule has 0 amide bonds. The van der Waals surface area contributed by atoms with Crippen molar-refractivity contribution in [1.82, 2.24) is 4.90 Å². The number of carbonyl (C=O) groups excluding carboxylic acids is 2. The van der Waals surface area contributed by atoms with E-state index in [9.17, 15) is 14.7 Å². The molecule has 0 atom stereocenters. The van der Waals surface area contributed by atoms with Crippen LogP contribution in [-0.4, -0.2) is 61.4 Å². The molecule has 0 fully saturated rings.